The van der Waals surface area contributed by atoms with Gasteiger partial charge in [0.1, 0.15) is 0 Å². The van der Waals surface area contributed by atoms with Gasteiger partial charge < -0.3 is 14.8 Å². The number of likely N-dealkylation sites (tertiary alicyclic amines) is 1. The Labute approximate surface area is 176 Å². The third kappa shape index (κ3) is 5.44. The monoisotopic (exact) mass is 418 g/mol. The van der Waals surface area contributed by atoms with Crippen LogP contribution in [-0.2, 0) is 34.1 Å². The number of hydrogen-bond donors (Lipinski definition) is 1. The number of rotatable bonds is 11. The van der Waals surface area contributed by atoms with Crippen LogP contribution in [-0.4, -0.2) is 62.0 Å². The van der Waals surface area contributed by atoms with E-state index in [-0.39, 0.29) is 56.7 Å². The van der Waals surface area contributed by atoms with E-state index < -0.39 is 11.4 Å². The van der Waals surface area contributed by atoms with Gasteiger partial charge in [-0.25, -0.2) is 0 Å². The van der Waals surface area contributed by atoms with Crippen molar-refractivity contribution in [1.82, 2.24) is 10.2 Å². The van der Waals surface area contributed by atoms with Crippen molar-refractivity contribution in [3.63, 3.8) is 0 Å². The Bertz CT molecular complexity index is 794. The van der Waals surface area contributed by atoms with E-state index in [9.17, 15) is 19.2 Å². The lowest BCUT2D eigenvalue weighted by Crippen LogP contribution is -2.43. The van der Waals surface area contributed by atoms with E-state index in [1.165, 1.54) is 4.90 Å². The van der Waals surface area contributed by atoms with Crippen molar-refractivity contribution in [1.29, 1.82) is 0 Å². The summed E-state index contributed by atoms with van der Waals surface area (Å²) in [6.45, 7) is 4.65. The second-order valence-corrected chi connectivity index (χ2v) is 7.35. The summed E-state index contributed by atoms with van der Waals surface area (Å²) in [5.74, 6) is -1.44. The zero-order valence-corrected chi connectivity index (χ0v) is 17.9. The van der Waals surface area contributed by atoms with Crippen LogP contribution >= 0.6 is 0 Å². The third-order valence-corrected chi connectivity index (χ3v) is 5.22. The highest BCUT2D eigenvalue weighted by Crippen LogP contribution is 2.41. The molecule has 2 rings (SSSR count). The van der Waals surface area contributed by atoms with Gasteiger partial charge in [-0.05, 0) is 31.4 Å². The van der Waals surface area contributed by atoms with Gasteiger partial charge in [0.05, 0.1) is 18.4 Å². The molecule has 0 aliphatic carbocycles. The predicted molar refractivity (Wildman–Crippen MR) is 110 cm³/mol. The Balaban J connectivity index is 2.21. The van der Waals surface area contributed by atoms with E-state index in [0.29, 0.717) is 18.6 Å². The van der Waals surface area contributed by atoms with E-state index in [2.05, 4.69) is 5.32 Å². The second kappa shape index (κ2) is 10.9. The molecule has 164 valence electrons. The molecule has 8 nitrogen and oxygen atoms in total. The summed E-state index contributed by atoms with van der Waals surface area (Å²) in [7, 11) is 1.56. The minimum atomic E-state index is -1.25. The number of ether oxygens (including phenoxy) is 2. The molecule has 8 heteroatoms. The van der Waals surface area contributed by atoms with Gasteiger partial charge in [0.15, 0.2) is 0 Å². The van der Waals surface area contributed by atoms with E-state index in [1.807, 2.05) is 19.1 Å². The normalized spacial score (nSPS) is 18.6. The van der Waals surface area contributed by atoms with Crippen molar-refractivity contribution in [2.45, 2.75) is 44.9 Å². The first-order chi connectivity index (χ1) is 14.4. The molecule has 1 aromatic rings. The Kier molecular flexibility index (Phi) is 8.53. The van der Waals surface area contributed by atoms with Crippen LogP contribution in [0.4, 0.5) is 0 Å². The Morgan fingerprint density at radius 2 is 1.97 bits per heavy atom. The van der Waals surface area contributed by atoms with Gasteiger partial charge in [-0.2, -0.15) is 0 Å². The number of amides is 3. The van der Waals surface area contributed by atoms with Crippen molar-refractivity contribution < 1.29 is 28.7 Å². The molecule has 1 heterocycles. The van der Waals surface area contributed by atoms with Crippen LogP contribution in [0.5, 0.6) is 0 Å². The Morgan fingerprint density at radius 3 is 2.63 bits per heavy atom. The molecule has 0 radical (unpaired) electrons. The van der Waals surface area contributed by atoms with Gasteiger partial charge in [-0.3, -0.25) is 24.1 Å². The molecule has 0 saturated carbocycles. The molecule has 1 atom stereocenters. The average molecular weight is 418 g/mol. The largest absolute Gasteiger partial charge is 0.466 e. The number of hydrogen-bond acceptors (Lipinski definition) is 6. The maximum atomic E-state index is 13.4. The van der Waals surface area contributed by atoms with Gasteiger partial charge in [0.25, 0.3) is 0 Å². The highest BCUT2D eigenvalue weighted by atomic mass is 16.5. The lowest BCUT2D eigenvalue weighted by atomic mass is 9.74. The van der Waals surface area contributed by atoms with Crippen molar-refractivity contribution in [3.8, 4) is 0 Å². The van der Waals surface area contributed by atoms with Gasteiger partial charge in [-0.1, -0.05) is 24.3 Å². The minimum absolute atomic E-state index is 0.0486. The number of nitrogens with one attached hydrogen (secondary N) is 1. The highest BCUT2D eigenvalue weighted by Gasteiger charge is 2.53. The summed E-state index contributed by atoms with van der Waals surface area (Å²) in [5.41, 5.74) is 0.276. The van der Waals surface area contributed by atoms with E-state index in [4.69, 9.17) is 9.47 Å². The van der Waals surface area contributed by atoms with Gasteiger partial charge in [0, 0.05) is 39.6 Å². The lowest BCUT2D eigenvalue weighted by Gasteiger charge is -2.28. The summed E-state index contributed by atoms with van der Waals surface area (Å²) in [4.78, 5) is 51.5. The van der Waals surface area contributed by atoms with E-state index in [0.717, 1.165) is 5.56 Å². The topological polar surface area (TPSA) is 102 Å². The zero-order chi connectivity index (χ0) is 22.1. The molecule has 3 amide bonds. The first-order valence-corrected chi connectivity index (χ1v) is 10.2. The van der Waals surface area contributed by atoms with Gasteiger partial charge in [-0.15, -0.1) is 0 Å². The van der Waals surface area contributed by atoms with Crippen molar-refractivity contribution >= 4 is 23.7 Å². The van der Waals surface area contributed by atoms with Crippen LogP contribution < -0.4 is 5.32 Å². The van der Waals surface area contributed by atoms with E-state index >= 15 is 0 Å². The summed E-state index contributed by atoms with van der Waals surface area (Å²) in [6.07, 6.45) is 0.359. The maximum absolute atomic E-state index is 13.4. The van der Waals surface area contributed by atoms with Crippen molar-refractivity contribution in [2.24, 2.45) is 0 Å². The molecule has 1 aliphatic rings. The van der Waals surface area contributed by atoms with Crippen LogP contribution in [0, 0.1) is 6.92 Å². The lowest BCUT2D eigenvalue weighted by molar-refractivity contribution is -0.144. The molecule has 30 heavy (non-hydrogen) atoms. The summed E-state index contributed by atoms with van der Waals surface area (Å²) >= 11 is 0. The third-order valence-electron chi connectivity index (χ3n) is 5.22. The molecule has 1 N–H and O–H groups in total. The molecule has 0 bridgehead atoms. The Hall–Kier alpha value is -2.74. The molecule has 1 aliphatic heterocycles. The molecule has 0 aromatic heterocycles. The second-order valence-electron chi connectivity index (χ2n) is 7.35. The number of methoxy groups -OCH3 is 1. The average Bonchev–Trinajstić information content (AvgIpc) is 2.93. The van der Waals surface area contributed by atoms with Crippen molar-refractivity contribution in [2.75, 3.05) is 33.4 Å². The van der Waals surface area contributed by atoms with Crippen molar-refractivity contribution in [3.05, 3.63) is 35.4 Å². The van der Waals surface area contributed by atoms with Crippen LogP contribution in [0.1, 0.15) is 43.7 Å². The minimum Gasteiger partial charge on any atom is -0.466 e. The van der Waals surface area contributed by atoms with Crippen LogP contribution in [0.25, 0.3) is 0 Å². The fourth-order valence-electron chi connectivity index (χ4n) is 3.82. The first-order valence-electron chi connectivity index (χ1n) is 10.2. The Morgan fingerprint density at radius 1 is 1.23 bits per heavy atom. The number of aryl methyl sites for hydroxylation is 1. The first kappa shape index (κ1) is 23.5. The molecule has 1 saturated heterocycles. The summed E-state index contributed by atoms with van der Waals surface area (Å²) < 4.78 is 9.87. The molecule has 1 fully saturated rings. The zero-order valence-electron chi connectivity index (χ0n) is 17.9. The quantitative estimate of drug-likeness (QED) is 0.332. The SMILES string of the molecule is CCOC(=O)CCNC(=O)CC1(c2ccccc2C)CC(=O)N(CCCOC)C1=O. The number of carbonyl (C=O) groups is 4. The maximum Gasteiger partial charge on any atom is 0.307 e. The number of esters is 1. The molecule has 1 unspecified atom stereocenters. The van der Waals surface area contributed by atoms with Crippen LogP contribution in [0.15, 0.2) is 24.3 Å². The summed E-state index contributed by atoms with van der Waals surface area (Å²) in [5, 5.41) is 2.67. The predicted octanol–water partition coefficient (Wildman–Crippen LogP) is 1.49. The molecule has 0 spiro atoms. The standard InChI is InChI=1S/C22H30N2O6/c1-4-30-20(27)10-11-23-18(25)14-22(17-9-6-5-8-16(17)2)15-19(26)24(21(22)28)12-7-13-29-3/h5-6,8-9H,4,7,10-15H2,1-3H3,(H,23,25). The van der Waals surface area contributed by atoms with Gasteiger partial charge in [0.2, 0.25) is 17.7 Å². The molecular weight excluding hydrogens is 388 g/mol. The fraction of sp³-hybridized carbons (Fsp3) is 0.545. The summed E-state index contributed by atoms with van der Waals surface area (Å²) in [6, 6.07) is 7.31. The number of benzene rings is 1. The van der Waals surface area contributed by atoms with Gasteiger partial charge >= 0.3 is 5.97 Å². The van der Waals surface area contributed by atoms with Crippen LogP contribution in [0.2, 0.25) is 0 Å². The molecule has 1 aromatic carbocycles. The number of nitrogens with zero attached hydrogens (tertiary/aromatic N) is 1. The highest BCUT2D eigenvalue weighted by molar-refractivity contribution is 6.11. The smallest absolute Gasteiger partial charge is 0.307 e. The number of imide groups is 1. The van der Waals surface area contributed by atoms with Crippen LogP contribution in [0.3, 0.4) is 0 Å². The number of carbonyl (C=O) groups excluding carboxylic acids is 4. The van der Waals surface area contributed by atoms with E-state index in [1.54, 1.807) is 26.2 Å². The fourth-order valence-corrected chi connectivity index (χ4v) is 3.82. The molecular formula is C22H30N2O6.